The average molecular weight is 346 g/mol. The predicted octanol–water partition coefficient (Wildman–Crippen LogP) is 1.80. The van der Waals surface area contributed by atoms with E-state index < -0.39 is 0 Å². The molecule has 136 valence electrons. The third kappa shape index (κ3) is 3.93. The van der Waals surface area contributed by atoms with Gasteiger partial charge in [0.2, 0.25) is 11.8 Å². The number of carbonyl (C=O) groups excluding carboxylic acids is 2. The van der Waals surface area contributed by atoms with Crippen molar-refractivity contribution in [2.24, 2.45) is 0 Å². The molecule has 2 aliphatic heterocycles. The molecule has 2 heterocycles. The van der Waals surface area contributed by atoms with Crippen LogP contribution >= 0.6 is 0 Å². The van der Waals surface area contributed by atoms with E-state index in [0.29, 0.717) is 30.4 Å². The van der Waals surface area contributed by atoms with E-state index in [1.54, 1.807) is 18.1 Å². The molecule has 2 fully saturated rings. The smallest absolute Gasteiger partial charge is 0.242 e. The van der Waals surface area contributed by atoms with Gasteiger partial charge >= 0.3 is 0 Å². The fourth-order valence-electron chi connectivity index (χ4n) is 3.44. The van der Waals surface area contributed by atoms with Crippen molar-refractivity contribution in [2.45, 2.75) is 51.1 Å². The zero-order valence-corrected chi connectivity index (χ0v) is 14.8. The lowest BCUT2D eigenvalue weighted by molar-refractivity contribution is -0.118. The van der Waals surface area contributed by atoms with Gasteiger partial charge in [-0.05, 0) is 31.4 Å². The highest BCUT2D eigenvalue weighted by molar-refractivity contribution is 5.98. The summed E-state index contributed by atoms with van der Waals surface area (Å²) < 4.78 is 5.43. The van der Waals surface area contributed by atoms with Crippen LogP contribution in [-0.2, 0) is 9.59 Å². The molecule has 1 aromatic rings. The number of rotatable bonds is 6. The molecule has 2 amide bonds. The van der Waals surface area contributed by atoms with Crippen LogP contribution in [0.2, 0.25) is 0 Å². The van der Waals surface area contributed by atoms with Crippen LogP contribution in [0.15, 0.2) is 18.2 Å². The van der Waals surface area contributed by atoms with E-state index in [1.807, 2.05) is 12.1 Å². The highest BCUT2D eigenvalue weighted by Crippen LogP contribution is 2.33. The van der Waals surface area contributed by atoms with Crippen LogP contribution in [-0.4, -0.2) is 37.6 Å². The van der Waals surface area contributed by atoms with E-state index in [0.717, 1.165) is 31.4 Å². The zero-order valence-electron chi connectivity index (χ0n) is 14.8. The summed E-state index contributed by atoms with van der Waals surface area (Å²) in [7, 11) is 1.57. The van der Waals surface area contributed by atoms with Gasteiger partial charge in [0.1, 0.15) is 11.8 Å². The number of nitrogens with zero attached hydrogens (tertiary/aromatic N) is 1. The van der Waals surface area contributed by atoms with Gasteiger partial charge in [-0.2, -0.15) is 0 Å². The molecule has 3 rings (SSSR count). The first kappa shape index (κ1) is 17.7. The number of nitrogens with one attached hydrogen (secondary N) is 3. The molecule has 0 radical (unpaired) electrons. The predicted molar refractivity (Wildman–Crippen MR) is 96.6 cm³/mol. The normalized spacial score (nSPS) is 23.1. The van der Waals surface area contributed by atoms with Crippen molar-refractivity contribution in [2.75, 3.05) is 23.9 Å². The fraction of sp³-hybridized carbons (Fsp3) is 0.556. The van der Waals surface area contributed by atoms with Crippen LogP contribution in [0, 0.1) is 0 Å². The first-order valence-electron chi connectivity index (χ1n) is 8.92. The largest absolute Gasteiger partial charge is 0.494 e. The van der Waals surface area contributed by atoms with Crippen LogP contribution in [0.1, 0.15) is 39.0 Å². The number of ether oxygens (including phenoxy) is 1. The van der Waals surface area contributed by atoms with Crippen molar-refractivity contribution >= 4 is 23.2 Å². The highest BCUT2D eigenvalue weighted by Gasteiger charge is 2.29. The minimum Gasteiger partial charge on any atom is -0.494 e. The van der Waals surface area contributed by atoms with E-state index in [2.05, 4.69) is 23.1 Å². The summed E-state index contributed by atoms with van der Waals surface area (Å²) in [5, 5.41) is 2.93. The monoisotopic (exact) mass is 346 g/mol. The molecule has 2 saturated heterocycles. The number of carbonyl (C=O) groups is 2. The van der Waals surface area contributed by atoms with Gasteiger partial charge in [-0.3, -0.25) is 15.0 Å². The van der Waals surface area contributed by atoms with E-state index in [9.17, 15) is 9.59 Å². The van der Waals surface area contributed by atoms with E-state index >= 15 is 0 Å². The molecule has 2 aliphatic rings. The molecule has 1 aromatic carbocycles. The molecule has 0 aliphatic carbocycles. The Bertz CT molecular complexity index is 649. The first-order valence-corrected chi connectivity index (χ1v) is 8.92. The Morgan fingerprint density at radius 3 is 2.92 bits per heavy atom. The van der Waals surface area contributed by atoms with Gasteiger partial charge < -0.3 is 15.0 Å². The second kappa shape index (κ2) is 7.84. The van der Waals surface area contributed by atoms with Gasteiger partial charge in [-0.15, -0.1) is 0 Å². The maximum atomic E-state index is 12.4. The molecule has 2 atom stereocenters. The van der Waals surface area contributed by atoms with Crippen LogP contribution in [0.3, 0.4) is 0 Å². The Balaban J connectivity index is 1.67. The minimum absolute atomic E-state index is 0.0712. The molecule has 3 N–H and O–H groups in total. The summed E-state index contributed by atoms with van der Waals surface area (Å²) in [6.45, 7) is 2.84. The molecule has 0 saturated carbocycles. The maximum absolute atomic E-state index is 12.4. The number of anilines is 2. The first-order chi connectivity index (χ1) is 12.1. The summed E-state index contributed by atoms with van der Waals surface area (Å²) in [5.41, 5.74) is 7.65. The lowest BCUT2D eigenvalue weighted by Crippen LogP contribution is -2.40. The van der Waals surface area contributed by atoms with Gasteiger partial charge in [-0.1, -0.05) is 13.3 Å². The Morgan fingerprint density at radius 2 is 2.24 bits per heavy atom. The van der Waals surface area contributed by atoms with Gasteiger partial charge in [0.15, 0.2) is 0 Å². The number of amides is 2. The summed E-state index contributed by atoms with van der Waals surface area (Å²) in [6, 6.07) is 5.50. The third-order valence-electron chi connectivity index (χ3n) is 4.75. The summed E-state index contributed by atoms with van der Waals surface area (Å²) in [5.74, 6) is 0.630. The fourth-order valence-corrected chi connectivity index (χ4v) is 3.44. The Kier molecular flexibility index (Phi) is 5.55. The number of hydrazine groups is 1. The number of hydrogen-bond acceptors (Lipinski definition) is 5. The zero-order chi connectivity index (χ0) is 17.8. The summed E-state index contributed by atoms with van der Waals surface area (Å²) >= 11 is 0. The molecular weight excluding hydrogens is 320 g/mol. The van der Waals surface area contributed by atoms with Crippen molar-refractivity contribution < 1.29 is 14.3 Å². The maximum Gasteiger partial charge on any atom is 0.242 e. The van der Waals surface area contributed by atoms with Gasteiger partial charge in [0.05, 0.1) is 12.8 Å². The Morgan fingerprint density at radius 1 is 1.40 bits per heavy atom. The van der Waals surface area contributed by atoms with Crippen LogP contribution < -0.4 is 25.8 Å². The van der Waals surface area contributed by atoms with E-state index in [1.165, 1.54) is 0 Å². The quantitative estimate of drug-likeness (QED) is 0.732. The minimum atomic E-state index is -0.248. The average Bonchev–Trinajstić information content (AvgIpc) is 3.24. The molecular formula is C18H26N4O3. The van der Waals surface area contributed by atoms with Crippen LogP contribution in [0.5, 0.6) is 5.75 Å². The molecule has 0 spiro atoms. The van der Waals surface area contributed by atoms with E-state index in [4.69, 9.17) is 4.74 Å². The lowest BCUT2D eigenvalue weighted by Gasteiger charge is -2.20. The van der Waals surface area contributed by atoms with E-state index in [-0.39, 0.29) is 17.9 Å². The van der Waals surface area contributed by atoms with Crippen molar-refractivity contribution in [1.29, 1.82) is 0 Å². The third-order valence-corrected chi connectivity index (χ3v) is 4.75. The van der Waals surface area contributed by atoms with Crippen LogP contribution in [0.4, 0.5) is 11.4 Å². The second-order valence-electron chi connectivity index (χ2n) is 6.59. The molecule has 0 bridgehead atoms. The second-order valence-corrected chi connectivity index (χ2v) is 6.59. The highest BCUT2D eigenvalue weighted by atomic mass is 16.5. The molecule has 7 heteroatoms. The van der Waals surface area contributed by atoms with Crippen LogP contribution in [0.25, 0.3) is 0 Å². The standard InChI is InChI=1S/C18H26N4O3/c1-3-5-13-10-14(21-20-13)18(24)19-12-7-8-15(16(11-12)25-2)22-9-4-6-17(22)23/h7-8,11,13-14,20-21H,3-6,9-10H2,1-2H3,(H,19,24). The van der Waals surface area contributed by atoms with Crippen molar-refractivity contribution in [1.82, 2.24) is 10.9 Å². The summed E-state index contributed by atoms with van der Waals surface area (Å²) in [4.78, 5) is 26.1. The lowest BCUT2D eigenvalue weighted by atomic mass is 10.1. The SMILES string of the molecule is CCCC1CC(C(=O)Nc2ccc(N3CCCC3=O)c(OC)c2)NN1. The number of benzene rings is 1. The topological polar surface area (TPSA) is 82.7 Å². The Hall–Kier alpha value is -2.12. The Labute approximate surface area is 148 Å². The molecule has 25 heavy (non-hydrogen) atoms. The number of hydrogen-bond donors (Lipinski definition) is 3. The van der Waals surface area contributed by atoms with Crippen molar-refractivity contribution in [3.05, 3.63) is 18.2 Å². The molecule has 2 unspecified atom stereocenters. The molecule has 0 aromatic heterocycles. The number of methoxy groups -OCH3 is 1. The van der Waals surface area contributed by atoms with Crippen molar-refractivity contribution in [3.8, 4) is 5.75 Å². The summed E-state index contributed by atoms with van der Waals surface area (Å²) in [6.07, 6.45) is 4.34. The van der Waals surface area contributed by atoms with Gasteiger partial charge in [0, 0.05) is 30.8 Å². The van der Waals surface area contributed by atoms with Gasteiger partial charge in [0.25, 0.3) is 0 Å². The molecule has 7 nitrogen and oxygen atoms in total. The van der Waals surface area contributed by atoms with Crippen molar-refractivity contribution in [3.63, 3.8) is 0 Å². The van der Waals surface area contributed by atoms with Gasteiger partial charge in [-0.25, -0.2) is 5.43 Å².